The number of nitrogens with zero attached hydrogens (tertiary/aromatic N) is 2. The summed E-state index contributed by atoms with van der Waals surface area (Å²) in [5.41, 5.74) is -0.994. The number of halogens is 1. The molecule has 34 heavy (non-hydrogen) atoms. The zero-order valence-corrected chi connectivity index (χ0v) is 18.4. The molecule has 2 aromatic carbocycles. The normalized spacial score (nSPS) is 18.4. The number of rotatable bonds is 4. The molecule has 1 aromatic heterocycles. The van der Waals surface area contributed by atoms with E-state index in [1.54, 1.807) is 37.3 Å². The average molecular weight is 464 g/mol. The van der Waals surface area contributed by atoms with Crippen molar-refractivity contribution in [1.29, 1.82) is 0 Å². The maximum absolute atomic E-state index is 13.9. The molecule has 9 heteroatoms. The van der Waals surface area contributed by atoms with Gasteiger partial charge in [-0.2, -0.15) is 0 Å². The number of terminal acetylenes is 1. The highest BCUT2D eigenvalue weighted by Crippen LogP contribution is 2.39. The predicted molar refractivity (Wildman–Crippen MR) is 120 cm³/mol. The molecule has 8 nitrogen and oxygen atoms in total. The summed E-state index contributed by atoms with van der Waals surface area (Å²) in [5.74, 6) is -0.174. The number of ether oxygens (including phenoxy) is 1. The van der Waals surface area contributed by atoms with Crippen molar-refractivity contribution < 1.29 is 33.0 Å². The van der Waals surface area contributed by atoms with Crippen LogP contribution in [-0.4, -0.2) is 51.5 Å². The van der Waals surface area contributed by atoms with E-state index in [1.807, 2.05) is 0 Å². The summed E-state index contributed by atoms with van der Waals surface area (Å²) < 4.78 is 25.3. The minimum atomic E-state index is -1.80. The molecule has 3 amide bonds. The Balaban J connectivity index is 1.79. The number of benzene rings is 2. The first-order valence-electron chi connectivity index (χ1n) is 10.4. The topological polar surface area (TPSA) is 100 Å². The number of imide groups is 1. The maximum atomic E-state index is 13.9. The quantitative estimate of drug-likeness (QED) is 0.585. The molecular formula is C25H21FN2O6. The van der Waals surface area contributed by atoms with Crippen LogP contribution in [0.1, 0.15) is 36.0 Å². The molecule has 0 radical (unpaired) electrons. The third kappa shape index (κ3) is 3.63. The molecule has 0 aliphatic carbocycles. The fourth-order valence-electron chi connectivity index (χ4n) is 4.05. The van der Waals surface area contributed by atoms with Crippen molar-refractivity contribution in [2.75, 3.05) is 13.2 Å². The zero-order chi connectivity index (χ0) is 24.6. The fraction of sp³-hybridized carbons (Fsp3) is 0.240. The minimum Gasteiger partial charge on any atom is -0.486 e. The highest BCUT2D eigenvalue weighted by Gasteiger charge is 2.51. The summed E-state index contributed by atoms with van der Waals surface area (Å²) in [5, 5.41) is 10.2. The Hall–Kier alpha value is -4.32. The van der Waals surface area contributed by atoms with Gasteiger partial charge in [-0.3, -0.25) is 9.59 Å². The summed E-state index contributed by atoms with van der Waals surface area (Å²) >= 11 is 0. The van der Waals surface area contributed by atoms with Gasteiger partial charge < -0.3 is 19.2 Å². The molecule has 1 unspecified atom stereocenters. The molecule has 2 heterocycles. The second kappa shape index (κ2) is 8.56. The number of furan rings is 1. The third-order valence-electron chi connectivity index (χ3n) is 5.94. The van der Waals surface area contributed by atoms with Crippen LogP contribution >= 0.6 is 0 Å². The van der Waals surface area contributed by atoms with Gasteiger partial charge in [0.2, 0.25) is 5.76 Å². The van der Waals surface area contributed by atoms with Crippen LogP contribution in [0.5, 0.6) is 5.75 Å². The number of amides is 3. The van der Waals surface area contributed by atoms with E-state index in [-0.39, 0.29) is 29.0 Å². The smallest absolute Gasteiger partial charge is 0.414 e. The van der Waals surface area contributed by atoms with Gasteiger partial charge in [0.1, 0.15) is 18.0 Å². The fourth-order valence-corrected chi connectivity index (χ4v) is 4.05. The summed E-state index contributed by atoms with van der Waals surface area (Å²) in [7, 11) is 0. The van der Waals surface area contributed by atoms with Crippen molar-refractivity contribution in [3.05, 3.63) is 65.7 Å². The van der Waals surface area contributed by atoms with Gasteiger partial charge in [0, 0.05) is 0 Å². The average Bonchev–Trinajstić information content (AvgIpc) is 3.13. The molecule has 4 rings (SSSR count). The van der Waals surface area contributed by atoms with Gasteiger partial charge in [-0.25, -0.2) is 14.1 Å². The number of hydrogen-bond donors (Lipinski definition) is 1. The molecule has 0 fully saturated rings. The van der Waals surface area contributed by atoms with Crippen LogP contribution in [0.4, 0.5) is 9.18 Å². The molecule has 1 N–H and O–H groups in total. The molecule has 0 bridgehead atoms. The van der Waals surface area contributed by atoms with Crippen LogP contribution in [0, 0.1) is 18.2 Å². The van der Waals surface area contributed by atoms with Gasteiger partial charge in [-0.05, 0) is 37.6 Å². The van der Waals surface area contributed by atoms with Gasteiger partial charge in [-0.1, -0.05) is 36.3 Å². The van der Waals surface area contributed by atoms with Crippen molar-refractivity contribution in [3.63, 3.8) is 0 Å². The summed E-state index contributed by atoms with van der Waals surface area (Å²) in [4.78, 5) is 41.2. The van der Waals surface area contributed by atoms with Crippen LogP contribution in [0.3, 0.4) is 0 Å². The van der Waals surface area contributed by atoms with Crippen molar-refractivity contribution in [3.8, 4) is 18.1 Å². The Labute approximate surface area is 194 Å². The van der Waals surface area contributed by atoms with Crippen molar-refractivity contribution in [2.24, 2.45) is 0 Å². The lowest BCUT2D eigenvalue weighted by Crippen LogP contribution is -2.63. The maximum Gasteiger partial charge on any atom is 0.414 e. The summed E-state index contributed by atoms with van der Waals surface area (Å²) in [6.45, 7) is 2.20. The lowest BCUT2D eigenvalue weighted by atomic mass is 9.96. The van der Waals surface area contributed by atoms with E-state index in [4.69, 9.17) is 15.6 Å². The van der Waals surface area contributed by atoms with Gasteiger partial charge in [0.25, 0.3) is 11.8 Å². The number of fused-ring (bicyclic) bond motifs is 3. The first kappa shape index (κ1) is 22.9. The Bertz CT molecular complexity index is 1330. The van der Waals surface area contributed by atoms with E-state index in [2.05, 4.69) is 5.92 Å². The molecule has 1 aliphatic rings. The standard InChI is InChI=1S/C25H21FN2O6/c1-4-12-27-22(29)21-20(18-13-17(26)10-11-19(18)34-21)33-14-25(27,3)23(30)28(24(31)32)15(2)16-8-6-5-7-9-16/h1,5-11,13,15H,12,14H2,2-3H3,(H,31,32)/t15?,25-/m1/s1. The van der Waals surface area contributed by atoms with E-state index in [1.165, 1.54) is 19.1 Å². The molecule has 0 spiro atoms. The van der Waals surface area contributed by atoms with Crippen LogP contribution in [0.15, 0.2) is 52.9 Å². The largest absolute Gasteiger partial charge is 0.486 e. The van der Waals surface area contributed by atoms with Crippen LogP contribution in [-0.2, 0) is 4.79 Å². The Morgan fingerprint density at radius 3 is 2.65 bits per heavy atom. The Kier molecular flexibility index (Phi) is 5.75. The molecule has 174 valence electrons. The Morgan fingerprint density at radius 2 is 2.00 bits per heavy atom. The molecule has 2 atom stereocenters. The molecule has 0 saturated heterocycles. The van der Waals surface area contributed by atoms with Crippen molar-refractivity contribution in [1.82, 2.24) is 9.80 Å². The van der Waals surface area contributed by atoms with Crippen molar-refractivity contribution in [2.45, 2.75) is 25.4 Å². The highest BCUT2D eigenvalue weighted by atomic mass is 19.1. The van der Waals surface area contributed by atoms with Crippen LogP contribution in [0.25, 0.3) is 11.0 Å². The van der Waals surface area contributed by atoms with E-state index in [9.17, 15) is 23.9 Å². The Morgan fingerprint density at radius 1 is 1.29 bits per heavy atom. The minimum absolute atomic E-state index is 0.0315. The van der Waals surface area contributed by atoms with Crippen molar-refractivity contribution >= 4 is 28.9 Å². The highest BCUT2D eigenvalue weighted by molar-refractivity contribution is 6.06. The predicted octanol–water partition coefficient (Wildman–Crippen LogP) is 4.07. The monoisotopic (exact) mass is 464 g/mol. The van der Waals surface area contributed by atoms with E-state index >= 15 is 0 Å². The van der Waals surface area contributed by atoms with E-state index < -0.39 is 41.9 Å². The summed E-state index contributed by atoms with van der Waals surface area (Å²) in [6, 6.07) is 11.4. The zero-order valence-electron chi connectivity index (χ0n) is 18.4. The molecule has 0 saturated carbocycles. The van der Waals surface area contributed by atoms with Gasteiger partial charge in [0.15, 0.2) is 11.3 Å². The van der Waals surface area contributed by atoms with E-state index in [0.717, 1.165) is 11.0 Å². The molecule has 3 aromatic rings. The van der Waals surface area contributed by atoms with Crippen LogP contribution < -0.4 is 4.74 Å². The molecular weight excluding hydrogens is 443 g/mol. The SMILES string of the molecule is C#CCN1C(=O)c2oc3ccc(F)cc3c2OC[C@]1(C)C(=O)N(C(=O)O)C(C)c1ccccc1. The number of carbonyl (C=O) groups is 3. The van der Waals surface area contributed by atoms with Gasteiger partial charge in [-0.15, -0.1) is 6.42 Å². The molecule has 1 aliphatic heterocycles. The number of carboxylic acid groups (broad SMARTS) is 1. The van der Waals surface area contributed by atoms with Crippen LogP contribution in [0.2, 0.25) is 0 Å². The second-order valence-corrected chi connectivity index (χ2v) is 8.10. The number of carbonyl (C=O) groups excluding carboxylic acids is 2. The second-order valence-electron chi connectivity index (χ2n) is 8.10. The first-order chi connectivity index (χ1) is 16.2. The first-order valence-corrected chi connectivity index (χ1v) is 10.4. The van der Waals surface area contributed by atoms with E-state index in [0.29, 0.717) is 10.5 Å². The number of hydrogen-bond acceptors (Lipinski definition) is 5. The summed E-state index contributed by atoms with van der Waals surface area (Å²) in [6.07, 6.45) is 3.99. The third-order valence-corrected chi connectivity index (χ3v) is 5.94. The van der Waals surface area contributed by atoms with Gasteiger partial charge >= 0.3 is 6.09 Å². The lowest BCUT2D eigenvalue weighted by Gasteiger charge is -2.40. The lowest BCUT2D eigenvalue weighted by molar-refractivity contribution is -0.143. The van der Waals surface area contributed by atoms with Gasteiger partial charge in [0.05, 0.1) is 18.0 Å².